The topological polar surface area (TPSA) is 110 Å². The van der Waals surface area contributed by atoms with Crippen LogP contribution in [0.5, 0.6) is 5.75 Å². The van der Waals surface area contributed by atoms with E-state index in [9.17, 15) is 32.6 Å². The number of amides is 1. The summed E-state index contributed by atoms with van der Waals surface area (Å²) >= 11 is 6.93. The molecular formula is C30H24ClF5N4O4S. The number of ether oxygens (including phenoxy) is 1. The molecule has 45 heavy (non-hydrogen) atoms. The van der Waals surface area contributed by atoms with E-state index in [0.29, 0.717) is 10.7 Å². The molecular weight excluding hydrogens is 643 g/mol. The molecule has 15 heteroatoms. The Hall–Kier alpha value is -4.11. The molecule has 0 aliphatic heterocycles. The number of halogens is 6. The summed E-state index contributed by atoms with van der Waals surface area (Å²) in [7, 11) is 1.28. The second-order valence-corrected chi connectivity index (χ2v) is 11.9. The lowest BCUT2D eigenvalue weighted by Crippen LogP contribution is -2.42. The van der Waals surface area contributed by atoms with Crippen LogP contribution in [0.3, 0.4) is 0 Å². The fraction of sp³-hybridized carbons (Fsp3) is 0.233. The van der Waals surface area contributed by atoms with E-state index in [1.54, 1.807) is 11.4 Å². The minimum atomic E-state index is -2.93. The lowest BCUT2D eigenvalue weighted by molar-refractivity contribution is 0.0573. The molecule has 1 atom stereocenters. The Morgan fingerprint density at radius 1 is 1.13 bits per heavy atom. The van der Waals surface area contributed by atoms with Crippen LogP contribution in [0.1, 0.15) is 46.9 Å². The average Bonchev–Trinajstić information content (AvgIpc) is 3.68. The van der Waals surface area contributed by atoms with Crippen LogP contribution in [-0.2, 0) is 11.2 Å². The second kappa shape index (κ2) is 12.0. The van der Waals surface area contributed by atoms with Crippen LogP contribution in [0.2, 0.25) is 5.02 Å². The number of thiophene rings is 1. The van der Waals surface area contributed by atoms with Gasteiger partial charge in [0.15, 0.2) is 11.4 Å². The third-order valence-electron chi connectivity index (χ3n) is 7.01. The summed E-state index contributed by atoms with van der Waals surface area (Å²) in [5.41, 5.74) is -5.84. The minimum absolute atomic E-state index is 0.0188. The fourth-order valence-corrected chi connectivity index (χ4v) is 5.70. The van der Waals surface area contributed by atoms with Gasteiger partial charge in [0.25, 0.3) is 5.91 Å². The number of nitrogens with one attached hydrogen (secondary N) is 1. The van der Waals surface area contributed by atoms with Crippen molar-refractivity contribution in [2.75, 3.05) is 13.7 Å². The Morgan fingerprint density at radius 2 is 1.87 bits per heavy atom. The van der Waals surface area contributed by atoms with Gasteiger partial charge in [0, 0.05) is 39.2 Å². The number of carbonyl (C=O) groups excluding carboxylic acids is 1. The number of benzene rings is 2. The van der Waals surface area contributed by atoms with Crippen LogP contribution >= 0.6 is 22.9 Å². The summed E-state index contributed by atoms with van der Waals surface area (Å²) in [6.07, 6.45) is 1.05. The van der Waals surface area contributed by atoms with Crippen LogP contribution in [0.25, 0.3) is 22.2 Å². The van der Waals surface area contributed by atoms with Gasteiger partial charge in [0.2, 0.25) is 0 Å². The van der Waals surface area contributed by atoms with Gasteiger partial charge in [-0.15, -0.1) is 11.3 Å². The second-order valence-electron chi connectivity index (χ2n) is 10.5. The van der Waals surface area contributed by atoms with E-state index in [1.165, 1.54) is 39.2 Å². The lowest BCUT2D eigenvalue weighted by atomic mass is 9.89. The normalized spacial score (nSPS) is 13.3. The van der Waals surface area contributed by atoms with E-state index in [2.05, 4.69) is 15.4 Å². The lowest BCUT2D eigenvalue weighted by Gasteiger charge is -2.30. The number of carbonyl (C=O) groups is 1. The van der Waals surface area contributed by atoms with Gasteiger partial charge in [-0.25, -0.2) is 22.8 Å². The summed E-state index contributed by atoms with van der Waals surface area (Å²) in [6.45, 7) is -0.975. The number of methoxy groups -OCH3 is 1. The van der Waals surface area contributed by atoms with Gasteiger partial charge in [-0.1, -0.05) is 17.7 Å². The molecule has 5 aromatic rings. The van der Waals surface area contributed by atoms with Crippen LogP contribution in [-0.4, -0.2) is 44.5 Å². The molecule has 5 rings (SSSR count). The molecule has 1 amide bonds. The SMILES string of the molecule is COc1cc(C(=O)NC[C@](O)(c2cc(C(C)(C)O)c(F)c(-c3cc(Cl)c(F)cc3F)n2)c2cccs2)cc2cn(C(F)F)nc12. The highest BCUT2D eigenvalue weighted by Gasteiger charge is 2.38. The van der Waals surface area contributed by atoms with Gasteiger partial charge in [-0.05, 0) is 49.6 Å². The first-order chi connectivity index (χ1) is 21.1. The predicted molar refractivity (Wildman–Crippen MR) is 157 cm³/mol. The summed E-state index contributed by atoms with van der Waals surface area (Å²) in [6, 6.07) is 8.10. The predicted octanol–water partition coefficient (Wildman–Crippen LogP) is 6.53. The first-order valence-corrected chi connectivity index (χ1v) is 14.4. The number of rotatable bonds is 9. The third kappa shape index (κ3) is 6.10. The molecule has 3 aromatic heterocycles. The fourth-order valence-electron chi connectivity index (χ4n) is 4.71. The molecule has 0 aliphatic rings. The van der Waals surface area contributed by atoms with Crippen molar-refractivity contribution < 1.29 is 41.7 Å². The number of pyridine rings is 1. The van der Waals surface area contributed by atoms with E-state index in [0.717, 1.165) is 29.7 Å². The summed E-state index contributed by atoms with van der Waals surface area (Å²) in [4.78, 5) is 17.8. The molecule has 0 saturated carbocycles. The molecule has 3 heterocycles. The number of nitrogens with zero attached hydrogens (tertiary/aromatic N) is 3. The number of hydrogen-bond donors (Lipinski definition) is 3. The van der Waals surface area contributed by atoms with Gasteiger partial charge in [-0.2, -0.15) is 13.9 Å². The average molecular weight is 667 g/mol. The minimum Gasteiger partial charge on any atom is -0.494 e. The van der Waals surface area contributed by atoms with E-state index in [4.69, 9.17) is 16.3 Å². The Balaban J connectivity index is 1.61. The number of aromatic nitrogens is 3. The zero-order chi connectivity index (χ0) is 32.8. The maximum atomic E-state index is 15.8. The molecule has 2 aromatic carbocycles. The standard InChI is InChI=1S/C30H24ClF5N4O4S/c1-29(2,42)17-10-22(38-26(24(17)34)16-9-18(31)20(33)11-19(16)32)30(43,23-5-4-6-45-23)13-37-27(41)14-7-15-12-40(28(35)36)39-25(15)21(8-14)44-3/h4-12,28,42-43H,13H2,1-3H3,(H,37,41)/t30-/m0/s1. The van der Waals surface area contributed by atoms with E-state index in [-0.39, 0.29) is 38.4 Å². The molecule has 0 aliphatic carbocycles. The van der Waals surface area contributed by atoms with Crippen molar-refractivity contribution in [1.29, 1.82) is 0 Å². The molecule has 0 bridgehead atoms. The maximum absolute atomic E-state index is 15.8. The Bertz CT molecular complexity index is 1910. The smallest absolute Gasteiger partial charge is 0.333 e. The van der Waals surface area contributed by atoms with Crippen molar-refractivity contribution in [3.8, 4) is 17.0 Å². The number of aliphatic hydroxyl groups is 2. The molecule has 8 nitrogen and oxygen atoms in total. The van der Waals surface area contributed by atoms with E-state index < -0.39 is 63.9 Å². The molecule has 0 unspecified atom stereocenters. The molecule has 0 fully saturated rings. The molecule has 0 radical (unpaired) electrons. The Morgan fingerprint density at radius 3 is 2.49 bits per heavy atom. The molecule has 0 saturated heterocycles. The Kier molecular flexibility index (Phi) is 8.61. The number of fused-ring (bicyclic) bond motifs is 1. The van der Waals surface area contributed by atoms with Crippen LogP contribution in [0.15, 0.2) is 54.0 Å². The van der Waals surface area contributed by atoms with E-state index in [1.807, 2.05) is 0 Å². The first-order valence-electron chi connectivity index (χ1n) is 13.1. The summed E-state index contributed by atoms with van der Waals surface area (Å²) < 4.78 is 76.8. The zero-order valence-corrected chi connectivity index (χ0v) is 25.3. The third-order valence-corrected chi connectivity index (χ3v) is 8.32. The first kappa shape index (κ1) is 32.3. The van der Waals surface area contributed by atoms with E-state index >= 15 is 4.39 Å². The van der Waals surface area contributed by atoms with Crippen LogP contribution in [0, 0.1) is 17.5 Å². The maximum Gasteiger partial charge on any atom is 0.333 e. The molecule has 3 N–H and O–H groups in total. The van der Waals surface area contributed by atoms with Gasteiger partial charge in [-0.3, -0.25) is 4.79 Å². The van der Waals surface area contributed by atoms with Gasteiger partial charge < -0.3 is 20.3 Å². The highest BCUT2D eigenvalue weighted by atomic mass is 35.5. The highest BCUT2D eigenvalue weighted by Crippen LogP contribution is 2.39. The van der Waals surface area contributed by atoms with Gasteiger partial charge >= 0.3 is 6.55 Å². The zero-order valence-electron chi connectivity index (χ0n) is 23.7. The van der Waals surface area contributed by atoms with Crippen molar-refractivity contribution in [3.63, 3.8) is 0 Å². The molecule has 0 spiro atoms. The number of alkyl halides is 2. The molecule has 236 valence electrons. The Labute approximate surface area is 261 Å². The largest absolute Gasteiger partial charge is 0.494 e. The van der Waals surface area contributed by atoms with Crippen molar-refractivity contribution >= 4 is 39.7 Å². The van der Waals surface area contributed by atoms with Crippen molar-refractivity contribution in [3.05, 3.63) is 98.2 Å². The summed E-state index contributed by atoms with van der Waals surface area (Å²) in [5, 5.41) is 30.6. The van der Waals surface area contributed by atoms with Crippen molar-refractivity contribution in [2.45, 2.75) is 31.6 Å². The van der Waals surface area contributed by atoms with Crippen LogP contribution < -0.4 is 10.1 Å². The van der Waals surface area contributed by atoms with Crippen LogP contribution in [0.4, 0.5) is 22.0 Å². The van der Waals surface area contributed by atoms with Crippen molar-refractivity contribution in [2.24, 2.45) is 0 Å². The monoisotopic (exact) mass is 666 g/mol. The summed E-state index contributed by atoms with van der Waals surface area (Å²) in [5.74, 6) is -4.14. The highest BCUT2D eigenvalue weighted by molar-refractivity contribution is 7.10. The number of hydrogen-bond acceptors (Lipinski definition) is 7. The van der Waals surface area contributed by atoms with Gasteiger partial charge in [0.1, 0.15) is 28.6 Å². The van der Waals surface area contributed by atoms with Crippen molar-refractivity contribution in [1.82, 2.24) is 20.1 Å². The van der Waals surface area contributed by atoms with Gasteiger partial charge in [0.05, 0.1) is 30.0 Å². The quantitative estimate of drug-likeness (QED) is 0.122.